The smallest absolute Gasteiger partial charge is 0.253 e. The molecule has 2 heterocycles. The van der Waals surface area contributed by atoms with Gasteiger partial charge in [0.25, 0.3) is 5.91 Å². The maximum absolute atomic E-state index is 12.7. The van der Waals surface area contributed by atoms with Crippen molar-refractivity contribution in [3.05, 3.63) is 53.9 Å². The lowest BCUT2D eigenvalue weighted by atomic mass is 10.0. The minimum absolute atomic E-state index is 0. The van der Waals surface area contributed by atoms with E-state index in [2.05, 4.69) is 10.00 Å². The predicted octanol–water partition coefficient (Wildman–Crippen LogP) is 2.84. The maximum Gasteiger partial charge on any atom is 0.253 e. The second kappa shape index (κ2) is 13.0. The Balaban J connectivity index is 0.00000243. The molecule has 0 saturated carbocycles. The van der Waals surface area contributed by atoms with Crippen LogP contribution in [0.3, 0.4) is 0 Å². The van der Waals surface area contributed by atoms with Gasteiger partial charge in [0.2, 0.25) is 0 Å². The zero-order chi connectivity index (χ0) is 17.6. The van der Waals surface area contributed by atoms with E-state index in [0.717, 1.165) is 50.1 Å². The van der Waals surface area contributed by atoms with E-state index in [0.29, 0.717) is 12.6 Å². The number of carbonyl (C=O) groups excluding carboxylic acids is 1. The summed E-state index contributed by atoms with van der Waals surface area (Å²) in [6.45, 7) is 4.47. The van der Waals surface area contributed by atoms with Crippen molar-refractivity contribution in [2.45, 2.75) is 32.0 Å². The number of likely N-dealkylation sites (tertiary alicyclic amines) is 1. The molecule has 1 amide bonds. The monoisotopic (exact) mass is 449 g/mol. The number of nitrogens with two attached hydrogens (primary N) is 1. The lowest BCUT2D eigenvalue weighted by Gasteiger charge is -2.36. The largest absolute Gasteiger partial charge is 0.339 e. The van der Waals surface area contributed by atoms with E-state index in [4.69, 9.17) is 5.73 Å². The van der Waals surface area contributed by atoms with Gasteiger partial charge in [-0.2, -0.15) is 5.10 Å². The van der Waals surface area contributed by atoms with Crippen LogP contribution in [0, 0.1) is 0 Å². The van der Waals surface area contributed by atoms with Gasteiger partial charge in [-0.3, -0.25) is 9.48 Å². The van der Waals surface area contributed by atoms with Crippen molar-refractivity contribution in [2.24, 2.45) is 5.73 Å². The summed E-state index contributed by atoms with van der Waals surface area (Å²) in [4.78, 5) is 17.0. The number of hydrogen-bond donors (Lipinski definition) is 1. The van der Waals surface area contributed by atoms with Crippen LogP contribution in [0.2, 0.25) is 0 Å². The molecule has 6 nitrogen and oxygen atoms in total. The molecule has 0 unspecified atom stereocenters. The summed E-state index contributed by atoms with van der Waals surface area (Å²) in [5, 5.41) is 4.24. The molecule has 2 N–H and O–H groups in total. The van der Waals surface area contributed by atoms with E-state index >= 15 is 0 Å². The molecule has 1 aliphatic heterocycles. The molecule has 1 aromatic heterocycles. The van der Waals surface area contributed by atoms with Gasteiger partial charge in [-0.05, 0) is 36.6 Å². The molecule has 0 radical (unpaired) electrons. The second-order valence-corrected chi connectivity index (χ2v) is 6.66. The molecule has 3 rings (SSSR count). The average molecular weight is 451 g/mol. The van der Waals surface area contributed by atoms with Crippen LogP contribution in [-0.4, -0.2) is 58.2 Å². The first-order valence-electron chi connectivity index (χ1n) is 8.93. The third-order valence-corrected chi connectivity index (χ3v) is 5.07. The van der Waals surface area contributed by atoms with Crippen molar-refractivity contribution < 1.29 is 4.79 Å². The Hall–Kier alpha value is -1.31. The highest BCUT2D eigenvalue weighted by atomic mass is 35.5. The zero-order valence-corrected chi connectivity index (χ0v) is 18.5. The summed E-state index contributed by atoms with van der Waals surface area (Å²) >= 11 is 0. The van der Waals surface area contributed by atoms with Gasteiger partial charge in [-0.25, -0.2) is 0 Å². The van der Waals surface area contributed by atoms with E-state index in [-0.39, 0.29) is 43.1 Å². The third-order valence-electron chi connectivity index (χ3n) is 5.07. The Labute approximate surface area is 185 Å². The van der Waals surface area contributed by atoms with Crippen LogP contribution >= 0.6 is 37.2 Å². The van der Waals surface area contributed by atoms with E-state index in [1.165, 1.54) is 0 Å². The molecule has 1 aromatic carbocycles. The van der Waals surface area contributed by atoms with Crippen LogP contribution in [0.1, 0.15) is 28.8 Å². The van der Waals surface area contributed by atoms with Gasteiger partial charge in [0.15, 0.2) is 0 Å². The Morgan fingerprint density at radius 1 is 1.14 bits per heavy atom. The van der Waals surface area contributed by atoms with E-state index in [1.54, 1.807) is 0 Å². The van der Waals surface area contributed by atoms with Crippen LogP contribution in [0.5, 0.6) is 0 Å². The molecule has 0 bridgehead atoms. The van der Waals surface area contributed by atoms with Crippen molar-refractivity contribution in [2.75, 3.05) is 26.7 Å². The normalized spacial score (nSPS) is 14.4. The first-order chi connectivity index (χ1) is 12.2. The Morgan fingerprint density at radius 2 is 1.79 bits per heavy atom. The van der Waals surface area contributed by atoms with Crippen LogP contribution in [-0.2, 0) is 13.1 Å². The zero-order valence-electron chi connectivity index (χ0n) is 16.1. The molecule has 1 saturated heterocycles. The van der Waals surface area contributed by atoms with Crippen molar-refractivity contribution in [3.8, 4) is 0 Å². The third kappa shape index (κ3) is 6.94. The molecule has 2 aromatic rings. The molecular weight excluding hydrogens is 421 g/mol. The lowest BCUT2D eigenvalue weighted by Crippen LogP contribution is -2.46. The predicted molar refractivity (Wildman–Crippen MR) is 120 cm³/mol. The molecule has 0 spiro atoms. The SMILES string of the molecule is CN(C(=O)c1ccc(CN)cc1)C1CCN(CCn2cccn2)CC1.Cl.Cl.Cl. The van der Waals surface area contributed by atoms with Crippen molar-refractivity contribution in [1.29, 1.82) is 0 Å². The Morgan fingerprint density at radius 3 is 2.32 bits per heavy atom. The van der Waals surface area contributed by atoms with Gasteiger partial charge < -0.3 is 15.5 Å². The number of nitrogens with zero attached hydrogens (tertiary/aromatic N) is 4. The number of rotatable bonds is 6. The minimum Gasteiger partial charge on any atom is -0.339 e. The fourth-order valence-electron chi connectivity index (χ4n) is 3.36. The van der Waals surface area contributed by atoms with Gasteiger partial charge in [-0.1, -0.05) is 12.1 Å². The summed E-state index contributed by atoms with van der Waals surface area (Å²) in [6, 6.07) is 9.87. The van der Waals surface area contributed by atoms with E-state index in [1.807, 2.05) is 59.4 Å². The molecule has 1 fully saturated rings. The van der Waals surface area contributed by atoms with Crippen LogP contribution in [0.4, 0.5) is 0 Å². The molecule has 0 aliphatic carbocycles. The second-order valence-electron chi connectivity index (χ2n) is 6.66. The van der Waals surface area contributed by atoms with Gasteiger partial charge in [-0.15, -0.1) is 37.2 Å². The number of piperidine rings is 1. The highest BCUT2D eigenvalue weighted by Crippen LogP contribution is 2.18. The summed E-state index contributed by atoms with van der Waals surface area (Å²) in [5.74, 6) is 0.0959. The van der Waals surface area contributed by atoms with Crippen LogP contribution in [0.25, 0.3) is 0 Å². The van der Waals surface area contributed by atoms with Gasteiger partial charge in [0.05, 0.1) is 6.54 Å². The number of halogens is 3. The molecule has 158 valence electrons. The quantitative estimate of drug-likeness (QED) is 0.735. The Kier molecular flexibility index (Phi) is 12.4. The summed E-state index contributed by atoms with van der Waals surface area (Å²) in [6.07, 6.45) is 5.84. The molecular formula is C19H30Cl3N5O. The number of benzene rings is 1. The molecule has 1 aliphatic rings. The van der Waals surface area contributed by atoms with Gasteiger partial charge in [0, 0.05) is 57.2 Å². The summed E-state index contributed by atoms with van der Waals surface area (Å²) in [5.41, 5.74) is 7.40. The number of hydrogen-bond acceptors (Lipinski definition) is 4. The molecule has 9 heteroatoms. The van der Waals surface area contributed by atoms with Crippen molar-refractivity contribution >= 4 is 43.1 Å². The number of carbonyl (C=O) groups is 1. The Bertz CT molecular complexity index is 673. The first-order valence-corrected chi connectivity index (χ1v) is 8.93. The lowest BCUT2D eigenvalue weighted by molar-refractivity contribution is 0.0639. The van der Waals surface area contributed by atoms with Gasteiger partial charge >= 0.3 is 0 Å². The topological polar surface area (TPSA) is 67.4 Å². The number of aromatic nitrogens is 2. The van der Waals surface area contributed by atoms with Crippen LogP contribution < -0.4 is 5.73 Å². The highest BCUT2D eigenvalue weighted by molar-refractivity contribution is 5.94. The maximum atomic E-state index is 12.7. The van der Waals surface area contributed by atoms with Gasteiger partial charge in [0.1, 0.15) is 0 Å². The molecule has 28 heavy (non-hydrogen) atoms. The summed E-state index contributed by atoms with van der Waals surface area (Å²) < 4.78 is 1.97. The standard InChI is InChI=1S/C19H27N5O.3ClH/c1-22(19(25)17-5-3-16(15-20)4-6-17)18-7-11-23(12-8-18)13-14-24-10-2-9-21-24;;;/h2-6,9-10,18H,7-8,11-15,20H2,1H3;3*1H. The van der Waals surface area contributed by atoms with Crippen molar-refractivity contribution in [1.82, 2.24) is 19.6 Å². The number of amides is 1. The van der Waals surface area contributed by atoms with Crippen molar-refractivity contribution in [3.63, 3.8) is 0 Å². The van der Waals surface area contributed by atoms with E-state index in [9.17, 15) is 4.79 Å². The molecule has 0 atom stereocenters. The average Bonchev–Trinajstić information content (AvgIpc) is 3.19. The summed E-state index contributed by atoms with van der Waals surface area (Å²) in [7, 11) is 1.92. The van der Waals surface area contributed by atoms with Crippen LogP contribution in [0.15, 0.2) is 42.7 Å². The first kappa shape index (κ1) is 26.7. The van der Waals surface area contributed by atoms with E-state index < -0.39 is 0 Å². The minimum atomic E-state index is 0. The fourth-order valence-corrected chi connectivity index (χ4v) is 3.36. The highest BCUT2D eigenvalue weighted by Gasteiger charge is 2.25. The fraction of sp³-hybridized carbons (Fsp3) is 0.474.